The lowest BCUT2D eigenvalue weighted by molar-refractivity contribution is -0.145. The predicted octanol–water partition coefficient (Wildman–Crippen LogP) is 2.20. The Morgan fingerprint density at radius 3 is 2.70 bits per heavy atom. The second-order valence-electron chi connectivity index (χ2n) is 8.14. The minimum atomic E-state index is -0.912. The molecule has 0 unspecified atom stereocenters. The highest BCUT2D eigenvalue weighted by molar-refractivity contribution is 6.45. The van der Waals surface area contributed by atoms with Gasteiger partial charge in [-0.2, -0.15) is 0 Å². The van der Waals surface area contributed by atoms with Gasteiger partial charge in [0, 0.05) is 29.7 Å². The van der Waals surface area contributed by atoms with Gasteiger partial charge in [-0.3, -0.25) is 19.3 Å². The number of hydrogen-bond donors (Lipinski definition) is 2. The fraction of sp³-hybridized carbons (Fsp3) is 0.455. The summed E-state index contributed by atoms with van der Waals surface area (Å²) in [7, 11) is 0. The van der Waals surface area contributed by atoms with Crippen LogP contribution in [0.25, 0.3) is 10.9 Å². The maximum Gasteiger partial charge on any atom is 0.334 e. The molecule has 2 aliphatic rings. The number of amides is 5. The normalized spacial score (nSPS) is 22.2. The van der Waals surface area contributed by atoms with E-state index in [-0.39, 0.29) is 12.0 Å². The number of benzene rings is 1. The molecule has 4 rings (SSSR count). The number of aromatic amines is 1. The summed E-state index contributed by atoms with van der Waals surface area (Å²) >= 11 is 0. The van der Waals surface area contributed by atoms with Crippen LogP contribution in [0.5, 0.6) is 0 Å². The molecule has 0 bridgehead atoms. The highest BCUT2D eigenvalue weighted by Gasteiger charge is 2.49. The number of para-hydroxylation sites is 1. The van der Waals surface area contributed by atoms with E-state index in [9.17, 15) is 19.2 Å². The van der Waals surface area contributed by atoms with Crippen molar-refractivity contribution in [1.82, 2.24) is 20.1 Å². The molecule has 8 heteroatoms. The molecule has 1 saturated carbocycles. The molecule has 1 aliphatic heterocycles. The summed E-state index contributed by atoms with van der Waals surface area (Å²) in [4.78, 5) is 54.9. The zero-order chi connectivity index (χ0) is 21.3. The molecule has 1 aliphatic carbocycles. The smallest absolute Gasteiger partial charge is 0.334 e. The summed E-state index contributed by atoms with van der Waals surface area (Å²) < 4.78 is 0. The van der Waals surface area contributed by atoms with Gasteiger partial charge >= 0.3 is 17.8 Å². The van der Waals surface area contributed by atoms with Gasteiger partial charge in [-0.1, -0.05) is 38.0 Å². The van der Waals surface area contributed by atoms with Gasteiger partial charge in [0.25, 0.3) is 0 Å². The van der Waals surface area contributed by atoms with Gasteiger partial charge in [-0.25, -0.2) is 9.69 Å². The molecule has 1 aromatic heterocycles. The number of carbonyl (C=O) groups excluding carboxylic acids is 4. The zero-order valence-corrected chi connectivity index (χ0v) is 17.0. The van der Waals surface area contributed by atoms with Gasteiger partial charge in [-0.05, 0) is 36.8 Å². The van der Waals surface area contributed by atoms with E-state index >= 15 is 0 Å². The van der Waals surface area contributed by atoms with Crippen molar-refractivity contribution in [3.05, 3.63) is 36.0 Å². The van der Waals surface area contributed by atoms with Crippen LogP contribution < -0.4 is 5.32 Å². The minimum absolute atomic E-state index is 0.157. The molecule has 1 aromatic carbocycles. The first-order valence-corrected chi connectivity index (χ1v) is 10.5. The zero-order valence-electron chi connectivity index (χ0n) is 17.0. The Hall–Kier alpha value is -3.16. The van der Waals surface area contributed by atoms with Crippen molar-refractivity contribution in [2.75, 3.05) is 13.1 Å². The number of carbonyl (C=O) groups is 4. The van der Waals surface area contributed by atoms with Crippen LogP contribution in [0.1, 0.15) is 38.2 Å². The van der Waals surface area contributed by atoms with Crippen molar-refractivity contribution in [1.29, 1.82) is 0 Å². The van der Waals surface area contributed by atoms with Crippen LogP contribution in [0.3, 0.4) is 0 Å². The third kappa shape index (κ3) is 3.69. The van der Waals surface area contributed by atoms with Crippen LogP contribution in [0, 0.1) is 5.92 Å². The van der Waals surface area contributed by atoms with Crippen molar-refractivity contribution >= 4 is 34.7 Å². The Bertz CT molecular complexity index is 998. The van der Waals surface area contributed by atoms with E-state index in [1.165, 1.54) is 0 Å². The maximum atomic E-state index is 12.7. The van der Waals surface area contributed by atoms with Gasteiger partial charge in [0.1, 0.15) is 6.54 Å². The summed E-state index contributed by atoms with van der Waals surface area (Å²) in [5.41, 5.74) is 2.11. The number of aromatic nitrogens is 1. The topological polar surface area (TPSA) is 103 Å². The molecule has 2 N–H and O–H groups in total. The summed E-state index contributed by atoms with van der Waals surface area (Å²) in [6, 6.07) is 6.97. The molecule has 2 fully saturated rings. The standard InChI is InChI=1S/C22H26N4O4/c1-14-6-2-5-9-18(14)26-21(29)20(28)25(22(26)30)13-19(27)23-11-10-15-12-24-17-8-4-3-7-16(15)17/h3-4,7-8,12,14,18,24H,2,5-6,9-11,13H2,1H3,(H,23,27)/t14-,18+/m1/s1. The Labute approximate surface area is 174 Å². The fourth-order valence-electron chi connectivity index (χ4n) is 4.51. The second kappa shape index (κ2) is 8.30. The van der Waals surface area contributed by atoms with Crippen LogP contribution in [-0.4, -0.2) is 57.7 Å². The van der Waals surface area contributed by atoms with Crippen molar-refractivity contribution in [2.45, 2.75) is 45.1 Å². The van der Waals surface area contributed by atoms with Gasteiger partial charge < -0.3 is 10.3 Å². The van der Waals surface area contributed by atoms with Crippen molar-refractivity contribution < 1.29 is 19.2 Å². The number of hydrogen-bond acceptors (Lipinski definition) is 4. The fourth-order valence-corrected chi connectivity index (χ4v) is 4.51. The molecule has 5 amide bonds. The predicted molar refractivity (Wildman–Crippen MR) is 110 cm³/mol. The van der Waals surface area contributed by atoms with Gasteiger partial charge in [0.05, 0.1) is 0 Å². The third-order valence-corrected chi connectivity index (χ3v) is 6.17. The molecule has 8 nitrogen and oxygen atoms in total. The SMILES string of the molecule is C[C@@H]1CCCC[C@@H]1N1C(=O)C(=O)N(CC(=O)NCCc2c[nH]c3ccccc23)C1=O. The lowest BCUT2D eigenvalue weighted by Crippen LogP contribution is -2.47. The lowest BCUT2D eigenvalue weighted by atomic mass is 9.85. The number of rotatable bonds is 6. The molecule has 30 heavy (non-hydrogen) atoms. The molecular formula is C22H26N4O4. The Balaban J connectivity index is 1.34. The van der Waals surface area contributed by atoms with Crippen LogP contribution in [0.2, 0.25) is 0 Å². The summed E-state index contributed by atoms with van der Waals surface area (Å²) in [6.45, 7) is 1.93. The average Bonchev–Trinajstić information content (AvgIpc) is 3.24. The Morgan fingerprint density at radius 1 is 1.13 bits per heavy atom. The quantitative estimate of drug-likeness (QED) is 0.563. The van der Waals surface area contributed by atoms with Gasteiger partial charge in [0.2, 0.25) is 5.91 Å². The van der Waals surface area contributed by atoms with Crippen LogP contribution in [0.4, 0.5) is 4.79 Å². The monoisotopic (exact) mass is 410 g/mol. The number of urea groups is 1. The number of imide groups is 2. The molecule has 2 atom stereocenters. The van der Waals surface area contributed by atoms with Crippen molar-refractivity contribution in [3.63, 3.8) is 0 Å². The number of nitrogens with zero attached hydrogens (tertiary/aromatic N) is 2. The van der Waals surface area contributed by atoms with Gasteiger partial charge in [0.15, 0.2) is 0 Å². The van der Waals surface area contributed by atoms with Crippen molar-refractivity contribution in [2.24, 2.45) is 5.92 Å². The minimum Gasteiger partial charge on any atom is -0.361 e. The molecule has 1 saturated heterocycles. The molecule has 0 spiro atoms. The van der Waals surface area contributed by atoms with E-state index in [4.69, 9.17) is 0 Å². The lowest BCUT2D eigenvalue weighted by Gasteiger charge is -2.34. The Morgan fingerprint density at radius 2 is 1.90 bits per heavy atom. The molecule has 2 heterocycles. The van der Waals surface area contributed by atoms with Crippen LogP contribution in [0.15, 0.2) is 30.5 Å². The number of fused-ring (bicyclic) bond motifs is 1. The highest BCUT2D eigenvalue weighted by atomic mass is 16.2. The highest BCUT2D eigenvalue weighted by Crippen LogP contribution is 2.31. The largest absolute Gasteiger partial charge is 0.361 e. The second-order valence-corrected chi connectivity index (χ2v) is 8.14. The summed E-state index contributed by atoms with van der Waals surface area (Å²) in [5, 5.41) is 3.84. The summed E-state index contributed by atoms with van der Waals surface area (Å²) in [6.07, 6.45) is 6.13. The molecule has 2 aromatic rings. The van der Waals surface area contributed by atoms with E-state index in [2.05, 4.69) is 10.3 Å². The molecule has 158 valence electrons. The van der Waals surface area contributed by atoms with E-state index in [0.29, 0.717) is 19.4 Å². The Kier molecular flexibility index (Phi) is 5.57. The maximum absolute atomic E-state index is 12.7. The van der Waals surface area contributed by atoms with Crippen LogP contribution >= 0.6 is 0 Å². The number of nitrogens with one attached hydrogen (secondary N) is 2. The first kappa shape index (κ1) is 20.1. The van der Waals surface area contributed by atoms with E-state index in [1.807, 2.05) is 37.4 Å². The molecule has 0 radical (unpaired) electrons. The first-order chi connectivity index (χ1) is 14.5. The molecular weight excluding hydrogens is 384 g/mol. The third-order valence-electron chi connectivity index (χ3n) is 6.17. The average molecular weight is 410 g/mol. The van der Waals surface area contributed by atoms with Crippen molar-refractivity contribution in [3.8, 4) is 0 Å². The first-order valence-electron chi connectivity index (χ1n) is 10.5. The van der Waals surface area contributed by atoms with E-state index in [0.717, 1.165) is 45.5 Å². The van der Waals surface area contributed by atoms with Crippen LogP contribution in [-0.2, 0) is 20.8 Å². The van der Waals surface area contributed by atoms with E-state index in [1.54, 1.807) is 0 Å². The summed E-state index contributed by atoms with van der Waals surface area (Å²) in [5.74, 6) is -2.03. The van der Waals surface area contributed by atoms with E-state index < -0.39 is 30.3 Å². The van der Waals surface area contributed by atoms with Gasteiger partial charge in [-0.15, -0.1) is 0 Å². The number of H-pyrrole nitrogens is 1.